The summed E-state index contributed by atoms with van der Waals surface area (Å²) in [7, 11) is 0. The number of hydrogen-bond acceptors (Lipinski definition) is 5. The quantitative estimate of drug-likeness (QED) is 0.730. The first-order valence-corrected chi connectivity index (χ1v) is 11.3. The molecule has 2 aromatic rings. The zero-order chi connectivity index (χ0) is 22.2. The van der Waals surface area contributed by atoms with Gasteiger partial charge in [0.1, 0.15) is 0 Å². The molecule has 3 aliphatic rings. The Bertz CT molecular complexity index is 1060. The monoisotopic (exact) mass is 433 g/mol. The van der Waals surface area contributed by atoms with E-state index in [0.717, 1.165) is 31.6 Å². The molecule has 3 aliphatic heterocycles. The van der Waals surface area contributed by atoms with Gasteiger partial charge >= 0.3 is 0 Å². The number of anilines is 2. The third-order valence-corrected chi connectivity index (χ3v) is 6.56. The molecule has 0 aliphatic carbocycles. The van der Waals surface area contributed by atoms with E-state index in [4.69, 9.17) is 4.74 Å². The van der Waals surface area contributed by atoms with Crippen molar-refractivity contribution in [2.75, 3.05) is 36.5 Å². The number of fused-ring (bicyclic) bond motifs is 1. The molecule has 5 rings (SSSR count). The molecule has 0 spiro atoms. The Balaban J connectivity index is 1.27. The van der Waals surface area contributed by atoms with E-state index in [1.807, 2.05) is 24.3 Å². The van der Waals surface area contributed by atoms with Gasteiger partial charge in [-0.3, -0.25) is 19.3 Å². The predicted molar refractivity (Wildman–Crippen MR) is 121 cm³/mol. The molecule has 2 aromatic carbocycles. The highest BCUT2D eigenvalue weighted by Crippen LogP contribution is 2.27. The maximum absolute atomic E-state index is 12.8. The summed E-state index contributed by atoms with van der Waals surface area (Å²) in [5.74, 6) is -0.294. The van der Waals surface area contributed by atoms with Crippen LogP contribution in [0, 0.1) is 5.92 Å². The van der Waals surface area contributed by atoms with Gasteiger partial charge in [0.05, 0.1) is 23.8 Å². The van der Waals surface area contributed by atoms with E-state index in [-0.39, 0.29) is 35.9 Å². The normalized spacial score (nSPS) is 22.5. The van der Waals surface area contributed by atoms with E-state index < -0.39 is 0 Å². The number of nitrogens with one attached hydrogen (secondary N) is 1. The molecule has 2 atom stereocenters. The summed E-state index contributed by atoms with van der Waals surface area (Å²) in [5.41, 5.74) is 2.81. The van der Waals surface area contributed by atoms with Crippen LogP contribution in [0.2, 0.25) is 0 Å². The van der Waals surface area contributed by atoms with Crippen molar-refractivity contribution < 1.29 is 19.1 Å². The van der Waals surface area contributed by atoms with Gasteiger partial charge in [-0.25, -0.2) is 0 Å². The van der Waals surface area contributed by atoms with Crippen LogP contribution < -0.4 is 10.2 Å². The standard InChI is InChI=1S/C25H27N3O4/c1-16-10-11-27(14-16)19-7-5-18(6-8-19)26-23(29)17-4-9-21-22(13-17)25(31)28(24(21)30)15-20-3-2-12-32-20/h4-9,13,16,20H,2-3,10-12,14-15H2,1H3,(H,26,29). The number of benzene rings is 2. The highest BCUT2D eigenvalue weighted by Gasteiger charge is 2.38. The molecule has 7 heteroatoms. The fraction of sp³-hybridized carbons (Fsp3) is 0.400. The summed E-state index contributed by atoms with van der Waals surface area (Å²) in [6.45, 7) is 5.29. The van der Waals surface area contributed by atoms with E-state index >= 15 is 0 Å². The van der Waals surface area contributed by atoms with Crippen LogP contribution in [-0.4, -0.2) is 55.0 Å². The number of hydrogen-bond donors (Lipinski definition) is 1. The minimum Gasteiger partial charge on any atom is -0.376 e. The van der Waals surface area contributed by atoms with Crippen molar-refractivity contribution in [3.05, 3.63) is 59.2 Å². The second kappa shape index (κ2) is 8.39. The van der Waals surface area contributed by atoms with Gasteiger partial charge in [0.25, 0.3) is 17.7 Å². The number of carbonyl (C=O) groups excluding carboxylic acids is 3. The van der Waals surface area contributed by atoms with E-state index in [1.54, 1.807) is 12.1 Å². The lowest BCUT2D eigenvalue weighted by Crippen LogP contribution is -2.36. The number of ether oxygens (including phenoxy) is 1. The number of carbonyl (C=O) groups is 3. The molecule has 1 N–H and O–H groups in total. The molecule has 3 amide bonds. The van der Waals surface area contributed by atoms with Crippen LogP contribution in [-0.2, 0) is 4.74 Å². The molecule has 166 valence electrons. The Labute approximate surface area is 187 Å². The molecular formula is C25H27N3O4. The summed E-state index contributed by atoms with van der Waals surface area (Å²) in [4.78, 5) is 41.9. The summed E-state index contributed by atoms with van der Waals surface area (Å²) in [6.07, 6.45) is 2.88. The molecule has 32 heavy (non-hydrogen) atoms. The number of rotatable bonds is 5. The Morgan fingerprint density at radius 1 is 1.06 bits per heavy atom. The van der Waals surface area contributed by atoms with Gasteiger partial charge in [-0.2, -0.15) is 0 Å². The average molecular weight is 434 g/mol. The first kappa shape index (κ1) is 20.7. The highest BCUT2D eigenvalue weighted by atomic mass is 16.5. The average Bonchev–Trinajstić information content (AvgIpc) is 3.52. The molecule has 2 unspecified atom stereocenters. The third-order valence-electron chi connectivity index (χ3n) is 6.56. The van der Waals surface area contributed by atoms with Crippen LogP contribution in [0.25, 0.3) is 0 Å². The third kappa shape index (κ3) is 3.88. The number of nitrogens with zero attached hydrogens (tertiary/aromatic N) is 2. The fourth-order valence-corrected chi connectivity index (χ4v) is 4.72. The lowest BCUT2D eigenvalue weighted by Gasteiger charge is -2.18. The molecular weight excluding hydrogens is 406 g/mol. The van der Waals surface area contributed by atoms with Gasteiger partial charge in [0.2, 0.25) is 0 Å². The molecule has 0 aromatic heterocycles. The van der Waals surface area contributed by atoms with Crippen LogP contribution in [0.5, 0.6) is 0 Å². The molecule has 3 heterocycles. The van der Waals surface area contributed by atoms with Crippen molar-refractivity contribution >= 4 is 29.1 Å². The van der Waals surface area contributed by atoms with Crippen LogP contribution in [0.1, 0.15) is 57.3 Å². The molecule has 0 radical (unpaired) electrons. The smallest absolute Gasteiger partial charge is 0.261 e. The van der Waals surface area contributed by atoms with Gasteiger partial charge in [-0.15, -0.1) is 0 Å². The van der Waals surface area contributed by atoms with Crippen molar-refractivity contribution in [1.82, 2.24) is 4.90 Å². The topological polar surface area (TPSA) is 79.0 Å². The van der Waals surface area contributed by atoms with Crippen molar-refractivity contribution in [1.29, 1.82) is 0 Å². The first-order chi connectivity index (χ1) is 15.5. The first-order valence-electron chi connectivity index (χ1n) is 11.3. The summed E-state index contributed by atoms with van der Waals surface area (Å²) >= 11 is 0. The minimum absolute atomic E-state index is 0.105. The number of imide groups is 1. The second-order valence-corrected chi connectivity index (χ2v) is 8.96. The highest BCUT2D eigenvalue weighted by molar-refractivity contribution is 6.22. The Kier molecular flexibility index (Phi) is 5.43. The van der Waals surface area contributed by atoms with E-state index in [9.17, 15) is 14.4 Å². The molecule has 7 nitrogen and oxygen atoms in total. The van der Waals surface area contributed by atoms with E-state index in [2.05, 4.69) is 17.1 Å². The second-order valence-electron chi connectivity index (χ2n) is 8.96. The van der Waals surface area contributed by atoms with Crippen LogP contribution in [0.4, 0.5) is 11.4 Å². The summed E-state index contributed by atoms with van der Waals surface area (Å²) in [6, 6.07) is 12.5. The maximum Gasteiger partial charge on any atom is 0.261 e. The van der Waals surface area contributed by atoms with E-state index in [1.165, 1.54) is 17.4 Å². The molecule has 0 saturated carbocycles. The SMILES string of the molecule is CC1CCN(c2ccc(NC(=O)c3ccc4c(c3)C(=O)N(CC3CCCO3)C4=O)cc2)C1. The summed E-state index contributed by atoms with van der Waals surface area (Å²) < 4.78 is 5.57. The van der Waals surface area contributed by atoms with Crippen molar-refractivity contribution in [2.24, 2.45) is 5.92 Å². The lowest BCUT2D eigenvalue weighted by atomic mass is 10.1. The predicted octanol–water partition coefficient (Wildman–Crippen LogP) is 3.56. The van der Waals surface area contributed by atoms with Crippen molar-refractivity contribution in [3.63, 3.8) is 0 Å². The maximum atomic E-state index is 12.8. The fourth-order valence-electron chi connectivity index (χ4n) is 4.72. The van der Waals surface area contributed by atoms with Crippen LogP contribution >= 0.6 is 0 Å². The minimum atomic E-state index is -0.362. The Morgan fingerprint density at radius 2 is 1.84 bits per heavy atom. The zero-order valence-electron chi connectivity index (χ0n) is 18.2. The lowest BCUT2D eigenvalue weighted by molar-refractivity contribution is 0.0475. The number of amides is 3. The molecule has 2 saturated heterocycles. The van der Waals surface area contributed by atoms with E-state index in [0.29, 0.717) is 29.3 Å². The van der Waals surface area contributed by atoms with Crippen LogP contribution in [0.15, 0.2) is 42.5 Å². The molecule has 2 fully saturated rings. The zero-order valence-corrected chi connectivity index (χ0v) is 18.2. The van der Waals surface area contributed by atoms with Gasteiger partial charge in [0.15, 0.2) is 0 Å². The molecule has 0 bridgehead atoms. The summed E-state index contributed by atoms with van der Waals surface area (Å²) in [5, 5.41) is 2.88. The van der Waals surface area contributed by atoms with Gasteiger partial charge in [0, 0.05) is 36.6 Å². The van der Waals surface area contributed by atoms with Crippen molar-refractivity contribution in [3.8, 4) is 0 Å². The van der Waals surface area contributed by atoms with Crippen molar-refractivity contribution in [2.45, 2.75) is 32.3 Å². The van der Waals surface area contributed by atoms with Gasteiger partial charge in [-0.1, -0.05) is 6.92 Å². The Hall–Kier alpha value is -3.19. The van der Waals surface area contributed by atoms with Gasteiger partial charge in [-0.05, 0) is 67.6 Å². The Morgan fingerprint density at radius 3 is 2.53 bits per heavy atom. The van der Waals surface area contributed by atoms with Crippen LogP contribution in [0.3, 0.4) is 0 Å². The van der Waals surface area contributed by atoms with Gasteiger partial charge < -0.3 is 15.0 Å². The largest absolute Gasteiger partial charge is 0.376 e.